The van der Waals surface area contributed by atoms with Gasteiger partial charge in [0, 0.05) is 21.0 Å². The fraction of sp³-hybridized carbons (Fsp3) is 0.0526. The molecule has 4 rings (SSSR count). The monoisotopic (exact) mass is 400 g/mol. The second kappa shape index (κ2) is 7.07. The minimum absolute atomic E-state index is 0.260. The van der Waals surface area contributed by atoms with Gasteiger partial charge in [-0.2, -0.15) is 0 Å². The summed E-state index contributed by atoms with van der Waals surface area (Å²) in [6, 6.07) is 15.4. The summed E-state index contributed by atoms with van der Waals surface area (Å²) in [4.78, 5) is 17.6. The summed E-state index contributed by atoms with van der Waals surface area (Å²) in [7, 11) is 1.60. The zero-order chi connectivity index (χ0) is 18.1. The number of benzene rings is 2. The third-order valence-electron chi connectivity index (χ3n) is 3.84. The zero-order valence-electron chi connectivity index (χ0n) is 13.7. The van der Waals surface area contributed by atoms with Crippen molar-refractivity contribution in [2.45, 2.75) is 0 Å². The Morgan fingerprint density at radius 3 is 2.77 bits per heavy atom. The number of nitrogens with one attached hydrogen (secondary N) is 1. The maximum atomic E-state index is 12.7. The van der Waals surface area contributed by atoms with Gasteiger partial charge in [-0.25, -0.2) is 4.98 Å². The molecule has 0 aliphatic rings. The lowest BCUT2D eigenvalue weighted by atomic mass is 10.2. The molecule has 2 heterocycles. The first-order valence-electron chi connectivity index (χ1n) is 7.74. The number of rotatable bonds is 4. The maximum absolute atomic E-state index is 12.7. The quantitative estimate of drug-likeness (QED) is 0.461. The van der Waals surface area contributed by atoms with Crippen molar-refractivity contribution < 1.29 is 9.53 Å². The number of thiophene rings is 1. The van der Waals surface area contributed by atoms with Crippen molar-refractivity contribution >= 4 is 55.4 Å². The highest BCUT2D eigenvalue weighted by molar-refractivity contribution is 7.22. The van der Waals surface area contributed by atoms with Crippen molar-refractivity contribution in [3.05, 3.63) is 63.8 Å². The van der Waals surface area contributed by atoms with Crippen LogP contribution in [0.2, 0.25) is 5.02 Å². The van der Waals surface area contributed by atoms with Crippen LogP contribution in [0.5, 0.6) is 5.75 Å². The largest absolute Gasteiger partial charge is 0.497 e. The van der Waals surface area contributed by atoms with Crippen LogP contribution in [0.15, 0.2) is 53.9 Å². The molecule has 0 radical (unpaired) electrons. The topological polar surface area (TPSA) is 51.2 Å². The Morgan fingerprint density at radius 1 is 1.19 bits per heavy atom. The lowest BCUT2D eigenvalue weighted by Crippen LogP contribution is -2.10. The molecule has 26 heavy (non-hydrogen) atoms. The molecule has 0 atom stereocenters. The van der Waals surface area contributed by atoms with Gasteiger partial charge < -0.3 is 4.74 Å². The van der Waals surface area contributed by atoms with Gasteiger partial charge in [0.25, 0.3) is 5.91 Å². The van der Waals surface area contributed by atoms with E-state index in [-0.39, 0.29) is 5.91 Å². The van der Waals surface area contributed by atoms with E-state index in [1.54, 1.807) is 7.11 Å². The van der Waals surface area contributed by atoms with Crippen LogP contribution in [-0.4, -0.2) is 18.0 Å². The molecule has 0 aliphatic carbocycles. The van der Waals surface area contributed by atoms with Crippen LogP contribution in [-0.2, 0) is 0 Å². The van der Waals surface area contributed by atoms with Crippen molar-refractivity contribution in [2.75, 3.05) is 12.4 Å². The van der Waals surface area contributed by atoms with E-state index in [9.17, 15) is 4.79 Å². The lowest BCUT2D eigenvalue weighted by Gasteiger charge is -2.00. The molecule has 0 fully saturated rings. The van der Waals surface area contributed by atoms with E-state index in [4.69, 9.17) is 16.3 Å². The Bertz CT molecular complexity index is 1090. The highest BCUT2D eigenvalue weighted by atomic mass is 35.5. The molecule has 1 N–H and O–H groups in total. The molecule has 2 aromatic carbocycles. The van der Waals surface area contributed by atoms with Gasteiger partial charge in [0.1, 0.15) is 10.6 Å². The highest BCUT2D eigenvalue weighted by Crippen LogP contribution is 2.38. The first-order chi connectivity index (χ1) is 12.7. The predicted octanol–water partition coefficient (Wildman–Crippen LogP) is 5.94. The van der Waals surface area contributed by atoms with Crippen LogP contribution in [0.25, 0.3) is 21.3 Å². The molecular weight excluding hydrogens is 388 g/mol. The molecule has 0 saturated carbocycles. The molecule has 7 heteroatoms. The number of anilines is 1. The van der Waals surface area contributed by atoms with Crippen molar-refractivity contribution in [3.8, 4) is 17.0 Å². The Kier molecular flexibility index (Phi) is 4.63. The van der Waals surface area contributed by atoms with E-state index in [1.807, 2.05) is 53.9 Å². The van der Waals surface area contributed by atoms with Crippen molar-refractivity contribution in [1.29, 1.82) is 0 Å². The van der Waals surface area contributed by atoms with Gasteiger partial charge >= 0.3 is 0 Å². The number of aromatic nitrogens is 1. The number of amides is 1. The number of halogens is 1. The highest BCUT2D eigenvalue weighted by Gasteiger charge is 2.19. The minimum Gasteiger partial charge on any atom is -0.497 e. The maximum Gasteiger partial charge on any atom is 0.269 e. The molecule has 0 aliphatic heterocycles. The van der Waals surface area contributed by atoms with Crippen LogP contribution in [0, 0.1) is 0 Å². The first kappa shape index (κ1) is 17.0. The summed E-state index contributed by atoms with van der Waals surface area (Å²) in [6.07, 6.45) is 0. The van der Waals surface area contributed by atoms with Gasteiger partial charge in [-0.15, -0.1) is 22.7 Å². The molecule has 4 nitrogen and oxygen atoms in total. The standard InChI is InChI=1S/C19H13ClN2O2S2/c1-24-12-7-8-15-13(9-12)16(20)17(26-15)18(23)22-19-21-14(10-25-19)11-5-3-2-4-6-11/h2-10H,1H3,(H,21,22,23). The van der Waals surface area contributed by atoms with E-state index >= 15 is 0 Å². The van der Waals surface area contributed by atoms with Crippen molar-refractivity contribution in [2.24, 2.45) is 0 Å². The number of hydrogen-bond donors (Lipinski definition) is 1. The summed E-state index contributed by atoms with van der Waals surface area (Å²) < 4.78 is 6.16. The summed E-state index contributed by atoms with van der Waals surface area (Å²) >= 11 is 9.16. The first-order valence-corrected chi connectivity index (χ1v) is 9.81. The number of thiazole rings is 1. The zero-order valence-corrected chi connectivity index (χ0v) is 16.0. The molecule has 1 amide bonds. The van der Waals surface area contributed by atoms with Gasteiger partial charge in [-0.1, -0.05) is 41.9 Å². The Balaban J connectivity index is 1.60. The molecule has 0 bridgehead atoms. The number of nitrogens with zero attached hydrogens (tertiary/aromatic N) is 1. The van der Waals surface area contributed by atoms with E-state index < -0.39 is 0 Å². The lowest BCUT2D eigenvalue weighted by molar-refractivity contribution is 0.103. The number of fused-ring (bicyclic) bond motifs is 1. The van der Waals surface area contributed by atoms with E-state index in [2.05, 4.69) is 10.3 Å². The predicted molar refractivity (Wildman–Crippen MR) is 109 cm³/mol. The van der Waals surface area contributed by atoms with Crippen molar-refractivity contribution in [1.82, 2.24) is 4.98 Å². The summed E-state index contributed by atoms with van der Waals surface area (Å²) in [5.41, 5.74) is 1.84. The molecule has 130 valence electrons. The summed E-state index contributed by atoms with van der Waals surface area (Å²) in [6.45, 7) is 0. The van der Waals surface area contributed by atoms with Gasteiger partial charge in [0.2, 0.25) is 0 Å². The molecule has 4 aromatic rings. The Morgan fingerprint density at radius 2 is 2.00 bits per heavy atom. The van der Waals surface area contributed by atoms with E-state index in [0.717, 1.165) is 21.3 Å². The molecule has 0 unspecified atom stereocenters. The van der Waals surface area contributed by atoms with Crippen LogP contribution < -0.4 is 10.1 Å². The average molecular weight is 401 g/mol. The Labute approximate surface area is 163 Å². The molecule has 2 aromatic heterocycles. The third-order valence-corrected chi connectivity index (χ3v) is 6.27. The minimum atomic E-state index is -0.260. The number of carbonyl (C=O) groups excluding carboxylic acids is 1. The van der Waals surface area contributed by atoms with E-state index in [0.29, 0.717) is 20.8 Å². The average Bonchev–Trinajstić information content (AvgIpc) is 3.27. The molecular formula is C19H13ClN2O2S2. The summed E-state index contributed by atoms with van der Waals surface area (Å²) in [5, 5.41) is 6.54. The smallest absolute Gasteiger partial charge is 0.269 e. The second-order valence-corrected chi connectivity index (χ2v) is 7.75. The van der Waals surface area contributed by atoms with Crippen molar-refractivity contribution in [3.63, 3.8) is 0 Å². The van der Waals surface area contributed by atoms with Gasteiger partial charge in [0.05, 0.1) is 17.8 Å². The second-order valence-electron chi connectivity index (χ2n) is 5.47. The number of carbonyl (C=O) groups is 1. The third kappa shape index (κ3) is 3.19. The number of hydrogen-bond acceptors (Lipinski definition) is 5. The number of ether oxygens (including phenoxy) is 1. The van der Waals surface area contributed by atoms with Crippen LogP contribution in [0.4, 0.5) is 5.13 Å². The molecule has 0 saturated heterocycles. The number of methoxy groups -OCH3 is 1. The normalized spacial score (nSPS) is 10.8. The van der Waals surface area contributed by atoms with Crippen LogP contribution in [0.3, 0.4) is 0 Å². The van der Waals surface area contributed by atoms with Gasteiger partial charge in [-0.05, 0) is 18.2 Å². The fourth-order valence-electron chi connectivity index (χ4n) is 2.55. The SMILES string of the molecule is COc1ccc2sc(C(=O)Nc3nc(-c4ccccc4)cs3)c(Cl)c2c1. The summed E-state index contributed by atoms with van der Waals surface area (Å²) in [5.74, 6) is 0.445. The fourth-order valence-corrected chi connectivity index (χ4v) is 4.65. The van der Waals surface area contributed by atoms with E-state index in [1.165, 1.54) is 22.7 Å². The molecule has 0 spiro atoms. The van der Waals surface area contributed by atoms with Gasteiger partial charge in [0.15, 0.2) is 5.13 Å². The van der Waals surface area contributed by atoms with Crippen LogP contribution >= 0.6 is 34.3 Å². The van der Waals surface area contributed by atoms with Crippen LogP contribution in [0.1, 0.15) is 9.67 Å². The Hall–Kier alpha value is -2.41. The van der Waals surface area contributed by atoms with Gasteiger partial charge in [-0.3, -0.25) is 10.1 Å².